The Kier molecular flexibility index (Phi) is 3.42. The van der Waals surface area contributed by atoms with Gasteiger partial charge in [0.2, 0.25) is 0 Å². The molecule has 0 amide bonds. The molecular weight excluding hydrogens is 360 g/mol. The number of hydrogen-bond acceptors (Lipinski definition) is 3. The Morgan fingerprint density at radius 1 is 1.11 bits per heavy atom. The summed E-state index contributed by atoms with van der Waals surface area (Å²) in [7, 11) is 3.64. The maximum atomic E-state index is 6.11. The van der Waals surface area contributed by atoms with Crippen molar-refractivity contribution in [3.05, 3.63) is 64.4 Å². The van der Waals surface area contributed by atoms with Gasteiger partial charge in [-0.2, -0.15) is 5.10 Å². The predicted molar refractivity (Wildman–Crippen MR) is 109 cm³/mol. The van der Waals surface area contributed by atoms with Crippen LogP contribution in [0.3, 0.4) is 0 Å². The smallest absolute Gasteiger partial charge is 0.129 e. The fourth-order valence-electron chi connectivity index (χ4n) is 3.86. The highest BCUT2D eigenvalue weighted by atomic mass is 35.5. The number of nitrogens with one attached hydrogen (secondary N) is 1. The van der Waals surface area contributed by atoms with Crippen molar-refractivity contribution < 1.29 is 4.74 Å². The molecule has 0 unspecified atom stereocenters. The van der Waals surface area contributed by atoms with Gasteiger partial charge in [0.25, 0.3) is 0 Å². The molecule has 0 spiro atoms. The monoisotopic (exact) mass is 376 g/mol. The number of aryl methyl sites for hydroxylation is 2. The minimum absolute atomic E-state index is 0.693. The molecule has 0 atom stereocenters. The number of rotatable bonds is 2. The summed E-state index contributed by atoms with van der Waals surface area (Å²) in [6, 6.07) is 11.8. The molecule has 3 heterocycles. The van der Waals surface area contributed by atoms with Gasteiger partial charge in [-0.15, -0.1) is 0 Å². The Hall–Kier alpha value is -3.05. The molecule has 134 valence electrons. The molecule has 0 radical (unpaired) electrons. The third-order valence-electron chi connectivity index (χ3n) is 5.05. The molecule has 1 aliphatic rings. The lowest BCUT2D eigenvalue weighted by Gasteiger charge is -2.13. The van der Waals surface area contributed by atoms with Crippen molar-refractivity contribution in [1.82, 2.24) is 14.8 Å². The van der Waals surface area contributed by atoms with Crippen molar-refractivity contribution in [2.24, 2.45) is 12.0 Å². The molecule has 0 saturated carbocycles. The molecule has 27 heavy (non-hydrogen) atoms. The Morgan fingerprint density at radius 2 is 1.89 bits per heavy atom. The van der Waals surface area contributed by atoms with Crippen LogP contribution in [0.2, 0.25) is 5.02 Å². The Morgan fingerprint density at radius 3 is 2.63 bits per heavy atom. The summed E-state index contributed by atoms with van der Waals surface area (Å²) in [4.78, 5) is 8.46. The maximum Gasteiger partial charge on any atom is 0.129 e. The van der Waals surface area contributed by atoms with Crippen molar-refractivity contribution in [2.75, 3.05) is 7.11 Å². The van der Waals surface area contributed by atoms with Crippen LogP contribution >= 0.6 is 11.6 Å². The first-order valence-corrected chi connectivity index (χ1v) is 9.03. The fourth-order valence-corrected chi connectivity index (χ4v) is 3.99. The van der Waals surface area contributed by atoms with Crippen molar-refractivity contribution in [2.45, 2.75) is 6.92 Å². The summed E-state index contributed by atoms with van der Waals surface area (Å²) in [5, 5.41) is 6.38. The van der Waals surface area contributed by atoms with Gasteiger partial charge in [-0.1, -0.05) is 23.7 Å². The lowest BCUT2D eigenvalue weighted by atomic mass is 9.96. The van der Waals surface area contributed by atoms with Crippen molar-refractivity contribution in [3.63, 3.8) is 0 Å². The van der Waals surface area contributed by atoms with Gasteiger partial charge in [0.1, 0.15) is 11.4 Å². The van der Waals surface area contributed by atoms with E-state index in [0.717, 1.165) is 56.1 Å². The van der Waals surface area contributed by atoms with Crippen molar-refractivity contribution in [3.8, 4) is 17.0 Å². The number of H-pyrrole nitrogens is 1. The minimum atomic E-state index is 0.693. The first-order valence-electron chi connectivity index (χ1n) is 8.65. The van der Waals surface area contributed by atoms with Crippen LogP contribution in [-0.4, -0.2) is 27.6 Å². The predicted octanol–water partition coefficient (Wildman–Crippen LogP) is 5.02. The molecule has 1 aliphatic heterocycles. The zero-order valence-corrected chi connectivity index (χ0v) is 15.9. The summed E-state index contributed by atoms with van der Waals surface area (Å²) in [5.41, 5.74) is 7.68. The normalized spacial score (nSPS) is 12.7. The number of aromatic nitrogens is 3. The molecule has 0 fully saturated rings. The third-order valence-corrected chi connectivity index (χ3v) is 5.30. The molecule has 1 N–H and O–H groups in total. The number of halogens is 1. The highest BCUT2D eigenvalue weighted by Crippen LogP contribution is 2.44. The summed E-state index contributed by atoms with van der Waals surface area (Å²) in [6.07, 6.45) is 2.02. The molecule has 0 aliphatic carbocycles. The van der Waals surface area contributed by atoms with E-state index in [4.69, 9.17) is 21.3 Å². The zero-order valence-electron chi connectivity index (χ0n) is 15.2. The van der Waals surface area contributed by atoms with Gasteiger partial charge in [-0.3, -0.25) is 4.68 Å². The van der Waals surface area contributed by atoms with Gasteiger partial charge in [0.05, 0.1) is 29.8 Å². The van der Waals surface area contributed by atoms with Crippen LogP contribution in [0.1, 0.15) is 16.8 Å². The number of hydrogen-bond donors (Lipinski definition) is 1. The summed E-state index contributed by atoms with van der Waals surface area (Å²) in [5.74, 6) is 0.787. The lowest BCUT2D eigenvalue weighted by Crippen LogP contribution is -2.06. The molecule has 6 heteroatoms. The first-order chi connectivity index (χ1) is 13.1. The minimum Gasteiger partial charge on any atom is -0.496 e. The van der Waals surface area contributed by atoms with Crippen LogP contribution in [-0.2, 0) is 7.05 Å². The molecular formula is C21H17ClN4O. The van der Waals surface area contributed by atoms with Crippen molar-refractivity contribution in [1.29, 1.82) is 0 Å². The molecule has 2 aromatic carbocycles. The molecule has 2 aromatic heterocycles. The number of fused-ring (bicyclic) bond motifs is 2. The molecule has 0 bridgehead atoms. The number of benzene rings is 2. The van der Waals surface area contributed by atoms with E-state index in [0.29, 0.717) is 5.02 Å². The van der Waals surface area contributed by atoms with Crippen LogP contribution in [0.15, 0.2) is 47.6 Å². The van der Waals surface area contributed by atoms with Crippen LogP contribution in [0, 0.1) is 6.92 Å². The van der Waals surface area contributed by atoms with E-state index in [1.165, 1.54) is 0 Å². The van der Waals surface area contributed by atoms with Gasteiger partial charge < -0.3 is 9.72 Å². The highest BCUT2D eigenvalue weighted by Gasteiger charge is 2.28. The van der Waals surface area contributed by atoms with Crippen LogP contribution in [0.4, 0.5) is 5.69 Å². The number of aliphatic imine (C=N–C) groups is 1. The van der Waals surface area contributed by atoms with Gasteiger partial charge in [0.15, 0.2) is 0 Å². The van der Waals surface area contributed by atoms with E-state index in [1.54, 1.807) is 7.11 Å². The van der Waals surface area contributed by atoms with E-state index in [1.807, 2.05) is 61.2 Å². The quantitative estimate of drug-likeness (QED) is 0.470. The van der Waals surface area contributed by atoms with Crippen molar-refractivity contribution >= 4 is 33.9 Å². The van der Waals surface area contributed by atoms with Gasteiger partial charge in [-0.05, 0) is 31.2 Å². The number of nitrogens with zero attached hydrogens (tertiary/aromatic N) is 3. The summed E-state index contributed by atoms with van der Waals surface area (Å²) >= 11 is 6.11. The number of aromatic amines is 1. The Bertz CT molecular complexity index is 1230. The Balaban J connectivity index is 1.97. The van der Waals surface area contributed by atoms with E-state index < -0.39 is 0 Å². The standard InChI is InChI=1S/C21H17ClN4O/c1-11-19-21(26(2)25-11)14-10-23-15-8-9-16(27-3)18(17(14)15)20(24-19)12-4-6-13(22)7-5-12/h4-10,23H,1-3H3. The zero-order chi connectivity index (χ0) is 18.7. The number of ether oxygens (including phenoxy) is 1. The molecule has 5 rings (SSSR count). The van der Waals surface area contributed by atoms with Crippen LogP contribution in [0.25, 0.3) is 22.2 Å². The van der Waals surface area contributed by atoms with E-state index in [-0.39, 0.29) is 0 Å². The van der Waals surface area contributed by atoms with E-state index in [2.05, 4.69) is 10.1 Å². The second-order valence-corrected chi connectivity index (χ2v) is 7.08. The van der Waals surface area contributed by atoms with Gasteiger partial charge >= 0.3 is 0 Å². The maximum absolute atomic E-state index is 6.11. The topological polar surface area (TPSA) is 55.2 Å². The second kappa shape index (κ2) is 5.72. The SMILES string of the molecule is COc1ccc2[nH]cc3c2c1C(c1ccc(Cl)cc1)=Nc1c(C)nn(C)c1-3. The Labute approximate surface area is 161 Å². The highest BCUT2D eigenvalue weighted by molar-refractivity contribution is 6.31. The fraction of sp³-hybridized carbons (Fsp3) is 0.143. The second-order valence-electron chi connectivity index (χ2n) is 6.64. The molecule has 4 aromatic rings. The van der Waals surface area contributed by atoms with Crippen LogP contribution < -0.4 is 4.74 Å². The summed E-state index contributed by atoms with van der Waals surface area (Å²) < 4.78 is 7.62. The van der Waals surface area contributed by atoms with E-state index >= 15 is 0 Å². The average Bonchev–Trinajstić information content (AvgIpc) is 3.14. The third kappa shape index (κ3) is 2.25. The largest absolute Gasteiger partial charge is 0.496 e. The first kappa shape index (κ1) is 16.1. The molecule has 5 nitrogen and oxygen atoms in total. The van der Waals surface area contributed by atoms with Gasteiger partial charge in [0, 0.05) is 40.3 Å². The van der Waals surface area contributed by atoms with Crippen LogP contribution in [0.5, 0.6) is 5.75 Å². The molecule has 0 saturated heterocycles. The van der Waals surface area contributed by atoms with E-state index in [9.17, 15) is 0 Å². The lowest BCUT2D eigenvalue weighted by molar-refractivity contribution is 0.414. The summed E-state index contributed by atoms with van der Waals surface area (Å²) in [6.45, 7) is 1.99. The average molecular weight is 377 g/mol. The number of methoxy groups -OCH3 is 1. The van der Waals surface area contributed by atoms with Gasteiger partial charge in [-0.25, -0.2) is 4.99 Å².